The van der Waals surface area contributed by atoms with Crippen LogP contribution in [-0.4, -0.2) is 9.97 Å². The molecular formula is C13H14N2. The van der Waals surface area contributed by atoms with Crippen molar-refractivity contribution in [2.45, 2.75) is 25.2 Å². The van der Waals surface area contributed by atoms with Gasteiger partial charge in [0.1, 0.15) is 0 Å². The molecular weight excluding hydrogens is 184 g/mol. The third kappa shape index (κ3) is 1.56. The maximum Gasteiger partial charge on any atom is 0.0921 e. The van der Waals surface area contributed by atoms with Crippen LogP contribution in [0.5, 0.6) is 0 Å². The number of fused-ring (bicyclic) bond motifs is 1. The number of aryl methyl sites for hydroxylation is 1. The molecule has 0 saturated heterocycles. The molecule has 2 nitrogen and oxygen atoms in total. The fourth-order valence-electron chi connectivity index (χ4n) is 2.52. The molecule has 1 aromatic carbocycles. The molecule has 0 aliphatic heterocycles. The Morgan fingerprint density at radius 3 is 3.13 bits per heavy atom. The lowest BCUT2D eigenvalue weighted by molar-refractivity contribution is 0.666. The molecule has 0 unspecified atom stereocenters. The number of hydrogen-bond donors (Lipinski definition) is 1. The Morgan fingerprint density at radius 1 is 1.33 bits per heavy atom. The molecule has 1 heterocycles. The summed E-state index contributed by atoms with van der Waals surface area (Å²) in [5.74, 6) is 0.682. The Labute approximate surface area is 89.4 Å². The molecule has 15 heavy (non-hydrogen) atoms. The quantitative estimate of drug-likeness (QED) is 0.789. The van der Waals surface area contributed by atoms with Crippen LogP contribution >= 0.6 is 0 Å². The van der Waals surface area contributed by atoms with Crippen LogP contribution in [0, 0.1) is 0 Å². The molecule has 0 radical (unpaired) electrons. The van der Waals surface area contributed by atoms with E-state index in [1.54, 1.807) is 6.33 Å². The number of H-pyrrole nitrogens is 1. The number of imidazole rings is 1. The first-order chi connectivity index (χ1) is 7.43. The summed E-state index contributed by atoms with van der Waals surface area (Å²) in [4.78, 5) is 7.25. The van der Waals surface area contributed by atoms with E-state index in [1.807, 2.05) is 6.20 Å². The van der Waals surface area contributed by atoms with Crippen molar-refractivity contribution >= 4 is 0 Å². The van der Waals surface area contributed by atoms with Crippen molar-refractivity contribution < 1.29 is 0 Å². The van der Waals surface area contributed by atoms with E-state index in [1.165, 1.54) is 29.7 Å². The fourth-order valence-corrected chi connectivity index (χ4v) is 2.52. The van der Waals surface area contributed by atoms with Crippen LogP contribution in [0.15, 0.2) is 36.8 Å². The van der Waals surface area contributed by atoms with Gasteiger partial charge < -0.3 is 4.98 Å². The Bertz CT molecular complexity index is 445. The third-order valence-electron chi connectivity index (χ3n) is 3.28. The van der Waals surface area contributed by atoms with Gasteiger partial charge in [-0.3, -0.25) is 0 Å². The van der Waals surface area contributed by atoms with Gasteiger partial charge in [0.05, 0.1) is 6.33 Å². The second-order valence-electron chi connectivity index (χ2n) is 4.22. The number of nitrogens with zero attached hydrogens (tertiary/aromatic N) is 1. The SMILES string of the molecule is c1ccc2c(c1)CC[C@@H]2Cc1cnc[nH]1. The van der Waals surface area contributed by atoms with Crippen molar-refractivity contribution in [3.05, 3.63) is 53.6 Å². The minimum Gasteiger partial charge on any atom is -0.348 e. The lowest BCUT2D eigenvalue weighted by atomic mass is 9.97. The van der Waals surface area contributed by atoms with Crippen LogP contribution in [0.1, 0.15) is 29.2 Å². The van der Waals surface area contributed by atoms with Gasteiger partial charge >= 0.3 is 0 Å². The average molecular weight is 198 g/mol. The van der Waals surface area contributed by atoms with Crippen LogP contribution in [-0.2, 0) is 12.8 Å². The molecule has 0 fully saturated rings. The summed E-state index contributed by atoms with van der Waals surface area (Å²) in [7, 11) is 0. The Kier molecular flexibility index (Phi) is 2.05. The second kappa shape index (κ2) is 3.54. The molecule has 0 saturated carbocycles. The van der Waals surface area contributed by atoms with E-state index in [2.05, 4.69) is 34.2 Å². The number of nitrogens with one attached hydrogen (secondary N) is 1. The number of aromatic amines is 1. The second-order valence-corrected chi connectivity index (χ2v) is 4.22. The number of benzene rings is 1. The molecule has 2 aromatic rings. The van der Waals surface area contributed by atoms with Crippen LogP contribution in [0.4, 0.5) is 0 Å². The number of rotatable bonds is 2. The lowest BCUT2D eigenvalue weighted by Crippen LogP contribution is -1.98. The molecule has 1 N–H and O–H groups in total. The van der Waals surface area contributed by atoms with E-state index in [-0.39, 0.29) is 0 Å². The van der Waals surface area contributed by atoms with E-state index in [4.69, 9.17) is 0 Å². The Morgan fingerprint density at radius 2 is 2.27 bits per heavy atom. The average Bonchev–Trinajstić information content (AvgIpc) is 2.89. The van der Waals surface area contributed by atoms with E-state index in [0.29, 0.717) is 5.92 Å². The van der Waals surface area contributed by atoms with Crippen LogP contribution in [0.25, 0.3) is 0 Å². The van der Waals surface area contributed by atoms with E-state index >= 15 is 0 Å². The van der Waals surface area contributed by atoms with Gasteiger partial charge in [-0.25, -0.2) is 4.98 Å². The zero-order chi connectivity index (χ0) is 10.1. The van der Waals surface area contributed by atoms with E-state index in [9.17, 15) is 0 Å². The molecule has 2 heteroatoms. The first kappa shape index (κ1) is 8.72. The smallest absolute Gasteiger partial charge is 0.0921 e. The molecule has 0 bridgehead atoms. The highest BCUT2D eigenvalue weighted by atomic mass is 14.9. The first-order valence-electron chi connectivity index (χ1n) is 5.48. The molecule has 1 aliphatic rings. The zero-order valence-corrected chi connectivity index (χ0v) is 8.61. The molecule has 1 aliphatic carbocycles. The first-order valence-corrected chi connectivity index (χ1v) is 5.48. The monoisotopic (exact) mass is 198 g/mol. The van der Waals surface area contributed by atoms with Gasteiger partial charge in [-0.1, -0.05) is 24.3 Å². The summed E-state index contributed by atoms with van der Waals surface area (Å²) in [5, 5.41) is 0. The minimum atomic E-state index is 0.682. The third-order valence-corrected chi connectivity index (χ3v) is 3.28. The Hall–Kier alpha value is -1.57. The number of aromatic nitrogens is 2. The van der Waals surface area contributed by atoms with Crippen LogP contribution in [0.3, 0.4) is 0 Å². The van der Waals surface area contributed by atoms with Gasteiger partial charge in [0, 0.05) is 11.9 Å². The van der Waals surface area contributed by atoms with Crippen molar-refractivity contribution in [2.24, 2.45) is 0 Å². The molecule has 3 rings (SSSR count). The van der Waals surface area contributed by atoms with E-state index in [0.717, 1.165) is 6.42 Å². The van der Waals surface area contributed by atoms with Crippen LogP contribution < -0.4 is 0 Å². The minimum absolute atomic E-state index is 0.682. The van der Waals surface area contributed by atoms with Gasteiger partial charge in [0.15, 0.2) is 0 Å². The van der Waals surface area contributed by atoms with Gasteiger partial charge in [-0.15, -0.1) is 0 Å². The summed E-state index contributed by atoms with van der Waals surface area (Å²) in [6.07, 6.45) is 7.29. The topological polar surface area (TPSA) is 28.7 Å². The summed E-state index contributed by atoms with van der Waals surface area (Å²) in [6, 6.07) is 8.80. The molecule has 1 atom stereocenters. The zero-order valence-electron chi connectivity index (χ0n) is 8.61. The standard InChI is InChI=1S/C13H14N2/c1-2-4-13-10(3-1)5-6-11(13)7-12-8-14-9-15-12/h1-4,8-9,11H,5-7H2,(H,14,15)/t11-/m1/s1. The van der Waals surface area contributed by atoms with E-state index < -0.39 is 0 Å². The summed E-state index contributed by atoms with van der Waals surface area (Å²) < 4.78 is 0. The lowest BCUT2D eigenvalue weighted by Gasteiger charge is -2.09. The van der Waals surface area contributed by atoms with Crippen molar-refractivity contribution in [2.75, 3.05) is 0 Å². The van der Waals surface area contributed by atoms with Gasteiger partial charge in [0.25, 0.3) is 0 Å². The highest BCUT2D eigenvalue weighted by molar-refractivity contribution is 5.35. The molecule has 76 valence electrons. The van der Waals surface area contributed by atoms with Gasteiger partial charge in [-0.05, 0) is 36.3 Å². The summed E-state index contributed by atoms with van der Waals surface area (Å²) in [5.41, 5.74) is 4.31. The predicted molar refractivity (Wildman–Crippen MR) is 59.8 cm³/mol. The molecule has 1 aromatic heterocycles. The largest absolute Gasteiger partial charge is 0.348 e. The van der Waals surface area contributed by atoms with Gasteiger partial charge in [-0.2, -0.15) is 0 Å². The van der Waals surface area contributed by atoms with Crippen molar-refractivity contribution in [3.8, 4) is 0 Å². The summed E-state index contributed by atoms with van der Waals surface area (Å²) in [6.45, 7) is 0. The summed E-state index contributed by atoms with van der Waals surface area (Å²) >= 11 is 0. The highest BCUT2D eigenvalue weighted by Crippen LogP contribution is 2.34. The maximum atomic E-state index is 4.06. The molecule has 0 spiro atoms. The highest BCUT2D eigenvalue weighted by Gasteiger charge is 2.22. The van der Waals surface area contributed by atoms with Crippen LogP contribution in [0.2, 0.25) is 0 Å². The Balaban J connectivity index is 1.85. The van der Waals surface area contributed by atoms with Crippen molar-refractivity contribution in [1.82, 2.24) is 9.97 Å². The predicted octanol–water partition coefficient (Wildman–Crippen LogP) is 2.68. The van der Waals surface area contributed by atoms with Crippen molar-refractivity contribution in [1.29, 1.82) is 0 Å². The molecule has 0 amide bonds. The van der Waals surface area contributed by atoms with Crippen molar-refractivity contribution in [3.63, 3.8) is 0 Å². The number of hydrogen-bond acceptors (Lipinski definition) is 1. The van der Waals surface area contributed by atoms with Gasteiger partial charge in [0.2, 0.25) is 0 Å². The maximum absolute atomic E-state index is 4.06. The fraction of sp³-hybridized carbons (Fsp3) is 0.308. The normalized spacial score (nSPS) is 19.1.